The Labute approximate surface area is 147 Å². The average Bonchev–Trinajstić information content (AvgIpc) is 3.26. The van der Waals surface area contributed by atoms with E-state index in [0.29, 0.717) is 5.25 Å². The van der Waals surface area contributed by atoms with Gasteiger partial charge in [0.15, 0.2) is 11.0 Å². The van der Waals surface area contributed by atoms with E-state index in [4.69, 9.17) is 9.47 Å². The maximum absolute atomic E-state index is 5.83. The lowest BCUT2D eigenvalue weighted by molar-refractivity contribution is 0.0953. The lowest BCUT2D eigenvalue weighted by atomic mass is 10.2. The summed E-state index contributed by atoms with van der Waals surface area (Å²) >= 11 is 1.79. The number of aromatic nitrogens is 3. The summed E-state index contributed by atoms with van der Waals surface area (Å²) < 4.78 is 13.3. The summed E-state index contributed by atoms with van der Waals surface area (Å²) in [6, 6.07) is 7.99. The molecule has 3 rings (SSSR count). The highest BCUT2D eigenvalue weighted by Gasteiger charge is 2.22. The normalized spacial score (nSPS) is 18.7. The second-order valence-electron chi connectivity index (χ2n) is 6.12. The van der Waals surface area contributed by atoms with E-state index in [1.165, 1.54) is 0 Å². The minimum atomic E-state index is 0.259. The maximum Gasteiger partial charge on any atom is 0.191 e. The van der Waals surface area contributed by atoms with Crippen molar-refractivity contribution in [3.63, 3.8) is 0 Å². The third-order valence-electron chi connectivity index (χ3n) is 4.36. The summed E-state index contributed by atoms with van der Waals surface area (Å²) in [5.41, 5.74) is 1.05. The number of hydrogen-bond acceptors (Lipinski definition) is 5. The van der Waals surface area contributed by atoms with E-state index >= 15 is 0 Å². The summed E-state index contributed by atoms with van der Waals surface area (Å²) in [4.78, 5) is 0. The van der Waals surface area contributed by atoms with Gasteiger partial charge in [-0.05, 0) is 43.5 Å². The fourth-order valence-corrected chi connectivity index (χ4v) is 3.65. The lowest BCUT2D eigenvalue weighted by Crippen LogP contribution is -2.17. The van der Waals surface area contributed by atoms with Gasteiger partial charge in [0.2, 0.25) is 0 Å². The van der Waals surface area contributed by atoms with E-state index in [2.05, 4.69) is 28.6 Å². The Morgan fingerprint density at radius 2 is 2.12 bits per heavy atom. The fraction of sp³-hybridized carbons (Fsp3) is 0.556. The molecule has 0 N–H and O–H groups in total. The van der Waals surface area contributed by atoms with Gasteiger partial charge in [0.1, 0.15) is 5.75 Å². The molecule has 5 nitrogen and oxygen atoms in total. The lowest BCUT2D eigenvalue weighted by Gasteiger charge is -2.16. The minimum absolute atomic E-state index is 0.259. The van der Waals surface area contributed by atoms with Crippen LogP contribution >= 0.6 is 11.8 Å². The molecule has 2 heterocycles. The zero-order valence-corrected chi connectivity index (χ0v) is 15.4. The van der Waals surface area contributed by atoms with Gasteiger partial charge in [-0.3, -0.25) is 4.57 Å². The molecule has 1 saturated heterocycles. The Hall–Kier alpha value is -1.53. The van der Waals surface area contributed by atoms with Crippen molar-refractivity contribution in [1.82, 2.24) is 14.8 Å². The van der Waals surface area contributed by atoms with E-state index in [9.17, 15) is 0 Å². The van der Waals surface area contributed by atoms with Gasteiger partial charge in [0, 0.05) is 17.4 Å². The van der Waals surface area contributed by atoms with E-state index in [-0.39, 0.29) is 6.10 Å². The molecule has 2 atom stereocenters. The number of ether oxygens (including phenoxy) is 2. The number of methoxy groups -OCH3 is 1. The third-order valence-corrected chi connectivity index (χ3v) is 5.61. The Balaban J connectivity index is 1.91. The maximum atomic E-state index is 5.83. The van der Waals surface area contributed by atoms with Crippen molar-refractivity contribution in [1.29, 1.82) is 0 Å². The average molecular weight is 347 g/mol. The number of nitrogens with zero attached hydrogens (tertiary/aromatic N) is 3. The van der Waals surface area contributed by atoms with Gasteiger partial charge in [0.05, 0.1) is 19.8 Å². The van der Waals surface area contributed by atoms with Crippen LogP contribution in [0.4, 0.5) is 0 Å². The van der Waals surface area contributed by atoms with Crippen molar-refractivity contribution >= 4 is 11.8 Å². The Kier molecular flexibility index (Phi) is 5.79. The molecule has 0 saturated carbocycles. The summed E-state index contributed by atoms with van der Waals surface area (Å²) in [5, 5.41) is 10.4. The summed E-state index contributed by atoms with van der Waals surface area (Å²) in [6.45, 7) is 6.09. The molecule has 0 bridgehead atoms. The van der Waals surface area contributed by atoms with Crippen molar-refractivity contribution in [3.05, 3.63) is 24.3 Å². The van der Waals surface area contributed by atoms with Gasteiger partial charge in [-0.1, -0.05) is 25.6 Å². The van der Waals surface area contributed by atoms with Crippen LogP contribution in [-0.4, -0.2) is 39.8 Å². The van der Waals surface area contributed by atoms with Crippen LogP contribution in [0, 0.1) is 0 Å². The second-order valence-corrected chi connectivity index (χ2v) is 7.52. The highest BCUT2D eigenvalue weighted by atomic mass is 32.2. The number of hydrogen-bond donors (Lipinski definition) is 0. The molecule has 0 radical (unpaired) electrons. The molecule has 1 fully saturated rings. The molecule has 24 heavy (non-hydrogen) atoms. The number of thioether (sulfide) groups is 1. The molecule has 130 valence electrons. The van der Waals surface area contributed by atoms with Crippen LogP contribution in [0.2, 0.25) is 0 Å². The van der Waals surface area contributed by atoms with Crippen molar-refractivity contribution in [2.24, 2.45) is 0 Å². The van der Waals surface area contributed by atoms with E-state index in [0.717, 1.165) is 54.7 Å². The van der Waals surface area contributed by atoms with Gasteiger partial charge in [-0.15, -0.1) is 10.2 Å². The van der Waals surface area contributed by atoms with E-state index in [1.807, 2.05) is 24.3 Å². The molecule has 1 aliphatic rings. The Morgan fingerprint density at radius 1 is 1.33 bits per heavy atom. The van der Waals surface area contributed by atoms with Crippen molar-refractivity contribution in [2.45, 2.75) is 56.2 Å². The van der Waals surface area contributed by atoms with Crippen LogP contribution in [0.5, 0.6) is 5.75 Å². The zero-order valence-electron chi connectivity index (χ0n) is 14.6. The first kappa shape index (κ1) is 17.3. The van der Waals surface area contributed by atoms with Crippen molar-refractivity contribution in [3.8, 4) is 17.1 Å². The predicted molar refractivity (Wildman–Crippen MR) is 96.6 cm³/mol. The summed E-state index contributed by atoms with van der Waals surface area (Å²) in [6.07, 6.45) is 3.61. The molecule has 2 aromatic rings. The van der Waals surface area contributed by atoms with Crippen molar-refractivity contribution < 1.29 is 9.47 Å². The van der Waals surface area contributed by atoms with Crippen LogP contribution in [0.1, 0.15) is 33.1 Å². The van der Waals surface area contributed by atoms with E-state index in [1.54, 1.807) is 18.9 Å². The van der Waals surface area contributed by atoms with Crippen LogP contribution in [0.15, 0.2) is 29.4 Å². The molecule has 0 amide bonds. The highest BCUT2D eigenvalue weighted by Crippen LogP contribution is 2.30. The monoisotopic (exact) mass is 347 g/mol. The van der Waals surface area contributed by atoms with Crippen LogP contribution in [0.3, 0.4) is 0 Å². The smallest absolute Gasteiger partial charge is 0.191 e. The number of benzene rings is 1. The zero-order chi connectivity index (χ0) is 16.9. The van der Waals surface area contributed by atoms with Crippen molar-refractivity contribution in [2.75, 3.05) is 13.7 Å². The van der Waals surface area contributed by atoms with E-state index < -0.39 is 0 Å². The molecule has 6 heteroatoms. The first-order valence-corrected chi connectivity index (χ1v) is 9.45. The van der Waals surface area contributed by atoms with Crippen LogP contribution < -0.4 is 4.74 Å². The largest absolute Gasteiger partial charge is 0.497 e. The van der Waals surface area contributed by atoms with Crippen LogP contribution in [-0.2, 0) is 11.3 Å². The molecule has 0 spiro atoms. The SMILES string of the molecule is CCC(C)Sc1nnc(-c2ccc(OC)cc2)n1CC1CCCO1. The van der Waals surface area contributed by atoms with Gasteiger partial charge in [-0.2, -0.15) is 0 Å². The summed E-state index contributed by atoms with van der Waals surface area (Å²) in [7, 11) is 1.68. The molecular formula is C18H25N3O2S. The molecule has 2 unspecified atom stereocenters. The Bertz CT molecular complexity index is 651. The minimum Gasteiger partial charge on any atom is -0.497 e. The van der Waals surface area contributed by atoms with Gasteiger partial charge >= 0.3 is 0 Å². The topological polar surface area (TPSA) is 49.2 Å². The van der Waals surface area contributed by atoms with Crippen LogP contribution in [0.25, 0.3) is 11.4 Å². The van der Waals surface area contributed by atoms with Gasteiger partial charge in [0.25, 0.3) is 0 Å². The fourth-order valence-electron chi connectivity index (χ4n) is 2.75. The first-order valence-electron chi connectivity index (χ1n) is 8.57. The van der Waals surface area contributed by atoms with Gasteiger partial charge in [-0.25, -0.2) is 0 Å². The molecule has 1 aromatic carbocycles. The standard InChI is InChI=1S/C18H25N3O2S/c1-4-13(2)24-18-20-19-17(14-7-9-15(22-3)10-8-14)21(18)12-16-6-5-11-23-16/h7-10,13,16H,4-6,11-12H2,1-3H3. The number of rotatable bonds is 7. The third kappa shape index (κ3) is 3.92. The predicted octanol–water partition coefficient (Wildman–Crippen LogP) is 4.02. The molecular weight excluding hydrogens is 322 g/mol. The first-order chi connectivity index (χ1) is 11.7. The quantitative estimate of drug-likeness (QED) is 0.708. The summed E-state index contributed by atoms with van der Waals surface area (Å²) in [5.74, 6) is 1.75. The highest BCUT2D eigenvalue weighted by molar-refractivity contribution is 7.99. The van der Waals surface area contributed by atoms with Gasteiger partial charge < -0.3 is 9.47 Å². The Morgan fingerprint density at radius 3 is 2.75 bits per heavy atom. The second kappa shape index (κ2) is 8.03. The molecule has 1 aliphatic heterocycles. The molecule has 0 aliphatic carbocycles. The molecule has 1 aromatic heterocycles.